The van der Waals surface area contributed by atoms with Gasteiger partial charge in [-0.2, -0.15) is 25.3 Å². The highest BCUT2D eigenvalue weighted by Gasteiger charge is 2.27. The second-order valence-electron chi connectivity index (χ2n) is 8.19. The van der Waals surface area contributed by atoms with Gasteiger partial charge >= 0.3 is 0 Å². The summed E-state index contributed by atoms with van der Waals surface area (Å²) >= 11 is 0. The van der Waals surface area contributed by atoms with Gasteiger partial charge in [-0.25, -0.2) is 0 Å². The highest BCUT2D eigenvalue weighted by atomic mass is 32.2. The standard InChI is InChI=1S/C23H16N2O12S3/c26-23(14-7-5-13(6-8-14)16-3-1-2-4-19(16)25(27)28)24-18-9-10-20(39(32,33)34)17-11-15(38(29,30)31)12-21(22(17)18)40(35,36)37/h1-12H,(H,24,26)(H,29,30,31)(H,32,33,34)(H,35,36,37). The van der Waals surface area contributed by atoms with E-state index >= 15 is 0 Å². The van der Waals surface area contributed by atoms with Gasteiger partial charge in [0.1, 0.15) is 9.79 Å². The van der Waals surface area contributed by atoms with Gasteiger partial charge in [0, 0.05) is 22.4 Å². The van der Waals surface area contributed by atoms with Crippen LogP contribution in [0.5, 0.6) is 0 Å². The van der Waals surface area contributed by atoms with Crippen molar-refractivity contribution >= 4 is 58.4 Å². The molecule has 0 aliphatic carbocycles. The van der Waals surface area contributed by atoms with E-state index < -0.39 is 72.3 Å². The van der Waals surface area contributed by atoms with Crippen LogP contribution in [0.25, 0.3) is 21.9 Å². The molecule has 0 radical (unpaired) electrons. The van der Waals surface area contributed by atoms with Crippen molar-refractivity contribution in [2.24, 2.45) is 0 Å². The third kappa shape index (κ3) is 5.69. The summed E-state index contributed by atoms with van der Waals surface area (Å²) in [6, 6.07) is 13.8. The van der Waals surface area contributed by atoms with E-state index in [-0.39, 0.29) is 16.8 Å². The number of nitro benzene ring substituents is 1. The quantitative estimate of drug-likeness (QED) is 0.134. The number of nitro groups is 1. The van der Waals surface area contributed by atoms with Gasteiger partial charge in [0.05, 0.1) is 21.1 Å². The van der Waals surface area contributed by atoms with E-state index in [1.54, 1.807) is 6.07 Å². The van der Waals surface area contributed by atoms with E-state index in [9.17, 15) is 53.8 Å². The lowest BCUT2D eigenvalue weighted by molar-refractivity contribution is -0.384. The zero-order chi connectivity index (χ0) is 29.6. The summed E-state index contributed by atoms with van der Waals surface area (Å²) in [6.45, 7) is 0. The molecule has 4 rings (SSSR count). The minimum absolute atomic E-state index is 0.0303. The predicted octanol–water partition coefficient (Wildman–Crippen LogP) is 3.41. The molecule has 0 atom stereocenters. The van der Waals surface area contributed by atoms with Crippen LogP contribution in [-0.2, 0) is 30.4 Å². The van der Waals surface area contributed by atoms with Crippen LogP contribution >= 0.6 is 0 Å². The van der Waals surface area contributed by atoms with Crippen LogP contribution in [0.15, 0.2) is 87.5 Å². The Morgan fingerprint density at radius 1 is 0.750 bits per heavy atom. The Bertz CT molecular complexity index is 2040. The van der Waals surface area contributed by atoms with Gasteiger partial charge in [0.2, 0.25) is 0 Å². The van der Waals surface area contributed by atoms with Crippen LogP contribution in [0.3, 0.4) is 0 Å². The number of nitrogens with one attached hydrogen (secondary N) is 1. The van der Waals surface area contributed by atoms with Crippen molar-refractivity contribution in [2.45, 2.75) is 14.7 Å². The first-order valence-electron chi connectivity index (χ1n) is 10.7. The molecular formula is C23H16N2O12S3. The average molecular weight is 609 g/mol. The normalized spacial score (nSPS) is 12.3. The van der Waals surface area contributed by atoms with Crippen molar-refractivity contribution in [3.8, 4) is 11.1 Å². The molecule has 0 aliphatic rings. The number of anilines is 1. The topological polar surface area (TPSA) is 235 Å². The lowest BCUT2D eigenvalue weighted by atomic mass is 10.0. The van der Waals surface area contributed by atoms with Crippen molar-refractivity contribution in [2.75, 3.05) is 5.32 Å². The monoisotopic (exact) mass is 608 g/mol. The molecule has 4 aromatic rings. The fourth-order valence-electron chi connectivity index (χ4n) is 3.95. The molecule has 0 spiro atoms. The maximum Gasteiger partial charge on any atom is 0.295 e. The summed E-state index contributed by atoms with van der Waals surface area (Å²) in [4.78, 5) is 20.5. The molecular weight excluding hydrogens is 592 g/mol. The number of fused-ring (bicyclic) bond motifs is 1. The molecule has 0 unspecified atom stereocenters. The smallest absolute Gasteiger partial charge is 0.295 e. The first-order valence-corrected chi connectivity index (χ1v) is 15.0. The Hall–Kier alpha value is -4.26. The molecule has 208 valence electrons. The third-order valence-electron chi connectivity index (χ3n) is 5.67. The lowest BCUT2D eigenvalue weighted by Gasteiger charge is -2.15. The zero-order valence-electron chi connectivity index (χ0n) is 19.6. The van der Waals surface area contributed by atoms with Gasteiger partial charge in [0.15, 0.2) is 0 Å². The van der Waals surface area contributed by atoms with Crippen LogP contribution in [0.2, 0.25) is 0 Å². The number of carbonyl (C=O) groups excluding carboxylic acids is 1. The van der Waals surface area contributed by atoms with Gasteiger partial charge in [-0.3, -0.25) is 28.6 Å². The number of amides is 1. The first-order chi connectivity index (χ1) is 18.5. The predicted molar refractivity (Wildman–Crippen MR) is 140 cm³/mol. The summed E-state index contributed by atoms with van der Waals surface area (Å²) < 4.78 is 100. The summed E-state index contributed by atoms with van der Waals surface area (Å²) in [5.74, 6) is -0.879. The highest BCUT2D eigenvalue weighted by molar-refractivity contribution is 7.87. The minimum atomic E-state index is -5.30. The SMILES string of the molecule is O=C(Nc1ccc(S(=O)(=O)O)c2cc(S(=O)(=O)O)cc(S(=O)(=O)O)c12)c1ccc(-c2ccccc2[N+](=O)[O-])cc1. The van der Waals surface area contributed by atoms with E-state index in [4.69, 9.17) is 0 Å². The number of carbonyl (C=O) groups is 1. The van der Waals surface area contributed by atoms with Gasteiger partial charge in [-0.15, -0.1) is 0 Å². The molecule has 40 heavy (non-hydrogen) atoms. The van der Waals surface area contributed by atoms with Crippen LogP contribution < -0.4 is 5.32 Å². The maximum absolute atomic E-state index is 13.0. The molecule has 0 saturated carbocycles. The van der Waals surface area contributed by atoms with Crippen LogP contribution in [0, 0.1) is 10.1 Å². The number of hydrogen-bond donors (Lipinski definition) is 4. The molecule has 0 aliphatic heterocycles. The Labute approximate surface area is 226 Å². The second-order valence-corrected chi connectivity index (χ2v) is 12.4. The molecule has 14 nitrogen and oxygen atoms in total. The van der Waals surface area contributed by atoms with E-state index in [2.05, 4.69) is 5.32 Å². The van der Waals surface area contributed by atoms with E-state index in [0.29, 0.717) is 17.7 Å². The molecule has 17 heteroatoms. The zero-order valence-corrected chi connectivity index (χ0v) is 22.1. The largest absolute Gasteiger partial charge is 0.321 e. The maximum atomic E-state index is 13.0. The van der Waals surface area contributed by atoms with Crippen molar-refractivity contribution < 1.29 is 48.6 Å². The summed E-state index contributed by atoms with van der Waals surface area (Å²) in [5, 5.41) is 12.2. The summed E-state index contributed by atoms with van der Waals surface area (Å²) in [5.41, 5.74) is 0.0611. The molecule has 0 fully saturated rings. The second kappa shape index (κ2) is 10.0. The molecule has 4 N–H and O–H groups in total. The number of benzene rings is 4. The van der Waals surface area contributed by atoms with Gasteiger partial charge in [-0.1, -0.05) is 24.3 Å². The molecule has 0 aromatic heterocycles. The highest BCUT2D eigenvalue weighted by Crippen LogP contribution is 2.37. The fraction of sp³-hybridized carbons (Fsp3) is 0. The number of para-hydroxylation sites is 1. The molecule has 0 bridgehead atoms. The van der Waals surface area contributed by atoms with Gasteiger partial charge in [0.25, 0.3) is 41.9 Å². The lowest BCUT2D eigenvalue weighted by Crippen LogP contribution is -2.14. The number of rotatable bonds is 7. The molecule has 4 aromatic carbocycles. The molecule has 0 heterocycles. The average Bonchev–Trinajstić information content (AvgIpc) is 2.86. The number of hydrogen-bond acceptors (Lipinski definition) is 9. The van der Waals surface area contributed by atoms with Crippen LogP contribution in [0.4, 0.5) is 11.4 Å². The van der Waals surface area contributed by atoms with E-state index in [0.717, 1.165) is 12.1 Å². The first kappa shape index (κ1) is 28.7. The molecule has 0 saturated heterocycles. The molecule has 1 amide bonds. The summed E-state index contributed by atoms with van der Waals surface area (Å²) in [6.07, 6.45) is 0. The summed E-state index contributed by atoms with van der Waals surface area (Å²) in [7, 11) is -15.5. The Kier molecular flexibility index (Phi) is 7.22. The van der Waals surface area contributed by atoms with Crippen LogP contribution in [-0.4, -0.2) is 49.7 Å². The van der Waals surface area contributed by atoms with Gasteiger partial charge < -0.3 is 5.32 Å². The van der Waals surface area contributed by atoms with Gasteiger partial charge in [-0.05, 0) is 48.0 Å². The fourth-order valence-corrected chi connectivity index (χ4v) is 5.99. The van der Waals surface area contributed by atoms with E-state index in [1.165, 1.54) is 42.5 Å². The third-order valence-corrected chi connectivity index (χ3v) is 8.29. The Morgan fingerprint density at radius 2 is 1.35 bits per heavy atom. The van der Waals surface area contributed by atoms with Crippen molar-refractivity contribution in [1.82, 2.24) is 0 Å². The Morgan fingerprint density at radius 3 is 1.90 bits per heavy atom. The number of nitrogens with zero attached hydrogens (tertiary/aromatic N) is 1. The van der Waals surface area contributed by atoms with Crippen molar-refractivity contribution in [3.63, 3.8) is 0 Å². The minimum Gasteiger partial charge on any atom is -0.321 e. The van der Waals surface area contributed by atoms with E-state index in [1.807, 2.05) is 0 Å². The van der Waals surface area contributed by atoms with Crippen LogP contribution in [0.1, 0.15) is 10.4 Å². The Balaban J connectivity index is 1.86. The van der Waals surface area contributed by atoms with Crippen molar-refractivity contribution in [1.29, 1.82) is 0 Å². The van der Waals surface area contributed by atoms with Crippen molar-refractivity contribution in [3.05, 3.63) is 88.5 Å².